The zero-order valence-corrected chi connectivity index (χ0v) is 8.72. The second kappa shape index (κ2) is 2.90. The van der Waals surface area contributed by atoms with Gasteiger partial charge < -0.3 is 10.0 Å². The number of carboxylic acids is 1. The van der Waals surface area contributed by atoms with Gasteiger partial charge in [0.1, 0.15) is 5.54 Å². The smallest absolute Gasteiger partial charge is 0.330 e. The highest BCUT2D eigenvalue weighted by atomic mass is 32.2. The summed E-state index contributed by atoms with van der Waals surface area (Å²) in [6, 6.07) is 0. The van der Waals surface area contributed by atoms with Gasteiger partial charge in [-0.3, -0.25) is 4.79 Å². The molecule has 1 N–H and O–H groups in total. The third-order valence-corrected chi connectivity index (χ3v) is 3.99. The summed E-state index contributed by atoms with van der Waals surface area (Å²) in [5.74, 6) is -0.508. The van der Waals surface area contributed by atoms with Crippen LogP contribution in [0, 0.1) is 0 Å². The van der Waals surface area contributed by atoms with Crippen molar-refractivity contribution in [3.05, 3.63) is 0 Å². The lowest BCUT2D eigenvalue weighted by Crippen LogP contribution is -2.54. The van der Waals surface area contributed by atoms with Crippen LogP contribution in [0.25, 0.3) is 0 Å². The maximum absolute atomic E-state index is 11.0. The summed E-state index contributed by atoms with van der Waals surface area (Å²) in [6.07, 6.45) is 0.619. The summed E-state index contributed by atoms with van der Waals surface area (Å²) in [6.45, 7) is 5.27. The van der Waals surface area contributed by atoms with Crippen molar-refractivity contribution in [3.63, 3.8) is 0 Å². The highest BCUT2D eigenvalue weighted by Crippen LogP contribution is 2.43. The van der Waals surface area contributed by atoms with E-state index in [4.69, 9.17) is 5.11 Å². The van der Waals surface area contributed by atoms with Gasteiger partial charge in [-0.2, -0.15) is 0 Å². The van der Waals surface area contributed by atoms with Crippen LogP contribution in [0.2, 0.25) is 0 Å². The van der Waals surface area contributed by atoms with Gasteiger partial charge in [0.15, 0.2) is 0 Å². The molecule has 1 unspecified atom stereocenters. The van der Waals surface area contributed by atoms with Gasteiger partial charge in [-0.05, 0) is 20.8 Å². The van der Waals surface area contributed by atoms with Gasteiger partial charge in [0.2, 0.25) is 6.41 Å². The fourth-order valence-corrected chi connectivity index (χ4v) is 2.74. The van der Waals surface area contributed by atoms with Crippen molar-refractivity contribution in [1.29, 1.82) is 0 Å². The minimum atomic E-state index is -1.06. The molecule has 0 aromatic rings. The van der Waals surface area contributed by atoms with Crippen molar-refractivity contribution in [2.24, 2.45) is 0 Å². The van der Waals surface area contributed by atoms with Crippen LogP contribution in [0.15, 0.2) is 0 Å². The molecule has 0 saturated carbocycles. The first kappa shape index (κ1) is 10.4. The Balaban J connectivity index is 3.04. The summed E-state index contributed by atoms with van der Waals surface area (Å²) in [5, 5.41) is 8.99. The largest absolute Gasteiger partial charge is 0.479 e. The Morgan fingerprint density at radius 3 is 2.38 bits per heavy atom. The summed E-state index contributed by atoms with van der Waals surface area (Å²) in [7, 11) is 0. The van der Waals surface area contributed by atoms with Crippen LogP contribution in [-0.2, 0) is 9.59 Å². The fourth-order valence-electron chi connectivity index (χ4n) is 1.46. The standard InChI is InChI=1S/C8H13NO3S/c1-7(2)9(5-10)8(3,4-13-7)6(11)12/h5H,4H2,1-3H3,(H,11,12). The van der Waals surface area contributed by atoms with E-state index < -0.39 is 16.4 Å². The van der Waals surface area contributed by atoms with Crippen LogP contribution in [0.1, 0.15) is 20.8 Å². The SMILES string of the molecule is CC1(C)SCC(C)(C(=O)O)N1C=O. The van der Waals surface area contributed by atoms with Gasteiger partial charge in [-0.1, -0.05) is 0 Å². The van der Waals surface area contributed by atoms with Crippen molar-refractivity contribution in [2.45, 2.75) is 31.2 Å². The molecular weight excluding hydrogens is 190 g/mol. The van der Waals surface area contributed by atoms with Crippen LogP contribution >= 0.6 is 11.8 Å². The molecule has 0 aromatic heterocycles. The predicted molar refractivity (Wildman–Crippen MR) is 50.5 cm³/mol. The van der Waals surface area contributed by atoms with Crippen LogP contribution < -0.4 is 0 Å². The van der Waals surface area contributed by atoms with E-state index in [-0.39, 0.29) is 0 Å². The van der Waals surface area contributed by atoms with Gasteiger partial charge >= 0.3 is 5.97 Å². The molecule has 1 aliphatic heterocycles. The summed E-state index contributed by atoms with van der Waals surface area (Å²) >= 11 is 1.48. The van der Waals surface area contributed by atoms with Crippen molar-refractivity contribution in [1.82, 2.24) is 4.90 Å². The number of nitrogens with zero attached hydrogens (tertiary/aromatic N) is 1. The quantitative estimate of drug-likeness (QED) is 0.673. The van der Waals surface area contributed by atoms with Gasteiger partial charge in [-0.25, -0.2) is 4.79 Å². The molecule has 5 heteroatoms. The fraction of sp³-hybridized carbons (Fsp3) is 0.750. The molecule has 1 amide bonds. The normalized spacial score (nSPS) is 31.8. The molecule has 74 valence electrons. The Hall–Kier alpha value is -0.710. The van der Waals surface area contributed by atoms with Crippen molar-refractivity contribution in [3.8, 4) is 0 Å². The van der Waals surface area contributed by atoms with Crippen molar-refractivity contribution < 1.29 is 14.7 Å². The maximum Gasteiger partial charge on any atom is 0.330 e. The second-order valence-electron chi connectivity index (χ2n) is 3.79. The Labute approximate surface area is 81.3 Å². The topological polar surface area (TPSA) is 57.6 Å². The van der Waals surface area contributed by atoms with Gasteiger partial charge in [0.05, 0.1) is 4.87 Å². The molecule has 1 atom stereocenters. The van der Waals surface area contributed by atoms with Gasteiger partial charge in [-0.15, -0.1) is 11.8 Å². The first-order valence-corrected chi connectivity index (χ1v) is 4.95. The molecule has 4 nitrogen and oxygen atoms in total. The Kier molecular flexibility index (Phi) is 2.32. The summed E-state index contributed by atoms with van der Waals surface area (Å²) < 4.78 is 0. The Morgan fingerprint density at radius 1 is 1.54 bits per heavy atom. The van der Waals surface area contributed by atoms with Crippen LogP contribution in [0.4, 0.5) is 0 Å². The lowest BCUT2D eigenvalue weighted by molar-refractivity contribution is -0.153. The van der Waals surface area contributed by atoms with E-state index in [1.165, 1.54) is 16.7 Å². The average molecular weight is 203 g/mol. The molecule has 0 aliphatic carbocycles. The molecule has 0 bridgehead atoms. The molecule has 0 aromatic carbocycles. The maximum atomic E-state index is 11.0. The minimum Gasteiger partial charge on any atom is -0.479 e. The molecular formula is C8H13NO3S. The zero-order valence-electron chi connectivity index (χ0n) is 7.90. The number of rotatable bonds is 2. The zero-order chi connectivity index (χ0) is 10.3. The third-order valence-electron chi connectivity index (χ3n) is 2.38. The number of carbonyl (C=O) groups excluding carboxylic acids is 1. The molecule has 0 radical (unpaired) electrons. The van der Waals surface area contributed by atoms with E-state index in [0.29, 0.717) is 12.2 Å². The number of hydrogen-bond acceptors (Lipinski definition) is 3. The van der Waals surface area contributed by atoms with Gasteiger partial charge in [0, 0.05) is 5.75 Å². The number of carbonyl (C=O) groups is 2. The third kappa shape index (κ3) is 1.41. The van der Waals surface area contributed by atoms with Crippen LogP contribution in [0.3, 0.4) is 0 Å². The Morgan fingerprint density at radius 2 is 2.08 bits per heavy atom. The van der Waals surface area contributed by atoms with E-state index >= 15 is 0 Å². The first-order chi connectivity index (χ1) is 5.84. The van der Waals surface area contributed by atoms with Gasteiger partial charge in [0.25, 0.3) is 0 Å². The van der Waals surface area contributed by atoms with Crippen LogP contribution in [0.5, 0.6) is 0 Å². The molecule has 1 heterocycles. The van der Waals surface area contributed by atoms with E-state index in [0.717, 1.165) is 0 Å². The number of aliphatic carboxylic acids is 1. The minimum absolute atomic E-state index is 0.422. The molecule has 13 heavy (non-hydrogen) atoms. The van der Waals surface area contributed by atoms with E-state index in [9.17, 15) is 9.59 Å². The highest BCUT2D eigenvalue weighted by Gasteiger charge is 2.52. The molecule has 0 spiro atoms. The number of hydrogen-bond donors (Lipinski definition) is 1. The average Bonchev–Trinajstić information content (AvgIpc) is 2.24. The number of thioether (sulfide) groups is 1. The monoisotopic (exact) mass is 203 g/mol. The Bertz CT molecular complexity index is 254. The van der Waals surface area contributed by atoms with Crippen molar-refractivity contribution in [2.75, 3.05) is 5.75 Å². The van der Waals surface area contributed by atoms with E-state index in [1.54, 1.807) is 6.92 Å². The van der Waals surface area contributed by atoms with Crippen molar-refractivity contribution >= 4 is 24.1 Å². The summed E-state index contributed by atoms with van der Waals surface area (Å²) in [5.41, 5.74) is -1.06. The molecule has 1 fully saturated rings. The van der Waals surface area contributed by atoms with E-state index in [2.05, 4.69) is 0 Å². The molecule has 1 rings (SSSR count). The lowest BCUT2D eigenvalue weighted by Gasteiger charge is -2.35. The molecule has 1 aliphatic rings. The van der Waals surface area contributed by atoms with E-state index in [1.807, 2.05) is 13.8 Å². The number of amides is 1. The predicted octanol–water partition coefficient (Wildman–Crippen LogP) is 0.771. The first-order valence-electron chi connectivity index (χ1n) is 3.97. The lowest BCUT2D eigenvalue weighted by atomic mass is 10.0. The highest BCUT2D eigenvalue weighted by molar-refractivity contribution is 8.00. The summed E-state index contributed by atoms with van der Waals surface area (Å²) in [4.78, 5) is 22.7. The van der Waals surface area contributed by atoms with Crippen LogP contribution in [-0.4, -0.2) is 38.5 Å². The second-order valence-corrected chi connectivity index (χ2v) is 5.37. The molecule has 1 saturated heterocycles. The number of carboxylic acid groups (broad SMARTS) is 1.